The van der Waals surface area contributed by atoms with E-state index in [9.17, 15) is 14.4 Å². The lowest BCUT2D eigenvalue weighted by Gasteiger charge is -2.14. The molecule has 0 saturated carbocycles. The molecule has 3 rings (SSSR count). The van der Waals surface area contributed by atoms with E-state index in [0.717, 1.165) is 5.56 Å². The Kier molecular flexibility index (Phi) is 10.7. The number of ketones is 1. The van der Waals surface area contributed by atoms with E-state index >= 15 is 0 Å². The van der Waals surface area contributed by atoms with E-state index in [1.807, 2.05) is 31.2 Å². The molecule has 3 aromatic rings. The third-order valence-electron chi connectivity index (χ3n) is 5.95. The van der Waals surface area contributed by atoms with Crippen LogP contribution in [0.2, 0.25) is 0 Å². The number of aromatic carboxylic acids is 1. The quantitative estimate of drug-likeness (QED) is 0.169. The molecule has 0 radical (unpaired) electrons. The van der Waals surface area contributed by atoms with Crippen LogP contribution in [0.4, 0.5) is 16.2 Å². The number of aryl methyl sites for hydroxylation is 1. The van der Waals surface area contributed by atoms with Gasteiger partial charge in [0.05, 0.1) is 25.5 Å². The lowest BCUT2D eigenvalue weighted by Crippen LogP contribution is -2.26. The lowest BCUT2D eigenvalue weighted by molar-refractivity contribution is -0.115. The summed E-state index contributed by atoms with van der Waals surface area (Å²) in [6.45, 7) is 6.75. The second-order valence-electron chi connectivity index (χ2n) is 8.83. The number of ether oxygens (including phenoxy) is 3. The summed E-state index contributed by atoms with van der Waals surface area (Å²) in [6.07, 6.45) is 0.121. The van der Waals surface area contributed by atoms with Crippen LogP contribution in [-0.2, 0) is 11.2 Å². The fraction of sp³-hybridized carbons (Fsp3) is 0.233. The van der Waals surface area contributed by atoms with Crippen LogP contribution in [0.25, 0.3) is 0 Å². The highest BCUT2D eigenvalue weighted by Crippen LogP contribution is 2.28. The Balaban J connectivity index is 1.46. The van der Waals surface area contributed by atoms with Crippen molar-refractivity contribution in [2.45, 2.75) is 13.3 Å². The number of carboxylic acid groups (broad SMARTS) is 1. The highest BCUT2D eigenvalue weighted by molar-refractivity contribution is 6.01. The average Bonchev–Trinajstić information content (AvgIpc) is 2.94. The molecule has 0 aliphatic rings. The number of urea groups is 1. The molecular formula is C30H33N3O7. The van der Waals surface area contributed by atoms with Crippen molar-refractivity contribution in [2.24, 2.45) is 0 Å². The molecule has 10 nitrogen and oxygen atoms in total. The summed E-state index contributed by atoms with van der Waals surface area (Å²) in [5.41, 5.74) is 3.33. The maximum Gasteiger partial charge on any atom is 0.335 e. The standard InChI is InChI=1S/C30H33N3O7/c1-19-7-5-6-8-23(19)32-30(37)33-24-11-9-21(16-27(24)38-3)15-25(34)20(2)18-31-13-14-40-26-12-10-22(29(35)36)17-28(26)39-4/h5-12,16-17,31H,2,13-15,18H2,1,3-4H3,(H,35,36)(H2,32,33,37). The van der Waals surface area contributed by atoms with Gasteiger partial charge < -0.3 is 35.3 Å². The Bertz CT molecular complexity index is 1390. The average molecular weight is 548 g/mol. The monoisotopic (exact) mass is 547 g/mol. The number of nitrogens with one attached hydrogen (secondary N) is 3. The van der Waals surface area contributed by atoms with E-state index < -0.39 is 12.0 Å². The molecule has 0 bridgehead atoms. The number of Topliss-reactive ketones (excluding diaryl/α,β-unsaturated/α-hetero) is 1. The molecule has 3 aromatic carbocycles. The second-order valence-corrected chi connectivity index (χ2v) is 8.83. The molecule has 2 amide bonds. The number of hydrogen-bond acceptors (Lipinski definition) is 7. The van der Waals surface area contributed by atoms with Gasteiger partial charge >= 0.3 is 12.0 Å². The van der Waals surface area contributed by atoms with Crippen LogP contribution in [0.5, 0.6) is 17.2 Å². The van der Waals surface area contributed by atoms with Crippen LogP contribution in [0.3, 0.4) is 0 Å². The van der Waals surface area contributed by atoms with Crippen molar-refractivity contribution in [1.82, 2.24) is 5.32 Å². The van der Waals surface area contributed by atoms with E-state index in [0.29, 0.717) is 46.3 Å². The Morgan fingerprint density at radius 3 is 2.30 bits per heavy atom. The number of anilines is 2. The third-order valence-corrected chi connectivity index (χ3v) is 5.95. The SMILES string of the molecule is C=C(CNCCOc1ccc(C(=O)O)cc1OC)C(=O)Cc1ccc(NC(=O)Nc2ccccc2C)c(OC)c1. The van der Waals surface area contributed by atoms with Crippen molar-refractivity contribution in [1.29, 1.82) is 0 Å². The second kappa shape index (κ2) is 14.4. The lowest BCUT2D eigenvalue weighted by atomic mass is 10.0. The zero-order valence-electron chi connectivity index (χ0n) is 22.7. The van der Waals surface area contributed by atoms with Gasteiger partial charge in [0.25, 0.3) is 0 Å². The van der Waals surface area contributed by atoms with Gasteiger partial charge in [0.2, 0.25) is 0 Å². The Hall–Kier alpha value is -4.83. The van der Waals surface area contributed by atoms with E-state index in [-0.39, 0.29) is 30.9 Å². The maximum absolute atomic E-state index is 12.7. The molecule has 0 spiro atoms. The molecular weight excluding hydrogens is 514 g/mol. The van der Waals surface area contributed by atoms with Crippen LogP contribution in [0.15, 0.2) is 72.8 Å². The van der Waals surface area contributed by atoms with E-state index in [4.69, 9.17) is 19.3 Å². The number of hydrogen-bond donors (Lipinski definition) is 4. The van der Waals surface area contributed by atoms with Crippen molar-refractivity contribution in [2.75, 3.05) is 44.5 Å². The number of para-hydroxylation sites is 1. The minimum absolute atomic E-state index is 0.101. The van der Waals surface area contributed by atoms with Gasteiger partial charge in [0, 0.05) is 30.8 Å². The summed E-state index contributed by atoms with van der Waals surface area (Å²) in [5, 5.41) is 17.8. The topological polar surface area (TPSA) is 135 Å². The molecule has 0 aromatic heterocycles. The Morgan fingerprint density at radius 2 is 1.60 bits per heavy atom. The van der Waals surface area contributed by atoms with Gasteiger partial charge in [0.15, 0.2) is 17.3 Å². The van der Waals surface area contributed by atoms with Gasteiger partial charge in [-0.15, -0.1) is 0 Å². The predicted molar refractivity (Wildman–Crippen MR) is 153 cm³/mol. The first-order valence-electron chi connectivity index (χ1n) is 12.5. The molecule has 10 heteroatoms. The zero-order valence-corrected chi connectivity index (χ0v) is 22.7. The van der Waals surface area contributed by atoms with Crippen molar-refractivity contribution >= 4 is 29.2 Å². The van der Waals surface area contributed by atoms with Gasteiger partial charge in [0.1, 0.15) is 12.4 Å². The summed E-state index contributed by atoms with van der Waals surface area (Å²) < 4.78 is 16.3. The summed E-state index contributed by atoms with van der Waals surface area (Å²) in [5.74, 6) is -0.0220. The minimum Gasteiger partial charge on any atom is -0.495 e. The zero-order chi connectivity index (χ0) is 29.1. The molecule has 40 heavy (non-hydrogen) atoms. The molecule has 4 N–H and O–H groups in total. The minimum atomic E-state index is -1.05. The van der Waals surface area contributed by atoms with E-state index in [1.54, 1.807) is 18.2 Å². The fourth-order valence-electron chi connectivity index (χ4n) is 3.74. The fourth-order valence-corrected chi connectivity index (χ4v) is 3.74. The third kappa shape index (κ3) is 8.34. The molecule has 0 unspecified atom stereocenters. The molecule has 0 atom stereocenters. The largest absolute Gasteiger partial charge is 0.495 e. The molecule has 0 saturated heterocycles. The highest BCUT2D eigenvalue weighted by atomic mass is 16.5. The van der Waals surface area contributed by atoms with Crippen molar-refractivity contribution in [3.63, 3.8) is 0 Å². The van der Waals surface area contributed by atoms with Crippen molar-refractivity contribution in [3.05, 3.63) is 89.5 Å². The van der Waals surface area contributed by atoms with E-state index in [2.05, 4.69) is 22.5 Å². The number of carboxylic acids is 1. The smallest absolute Gasteiger partial charge is 0.335 e. The normalized spacial score (nSPS) is 10.4. The van der Waals surface area contributed by atoms with Gasteiger partial charge in [-0.2, -0.15) is 0 Å². The molecule has 0 fully saturated rings. The van der Waals surface area contributed by atoms with E-state index in [1.165, 1.54) is 32.4 Å². The van der Waals surface area contributed by atoms with Gasteiger partial charge in [-0.05, 0) is 54.4 Å². The molecule has 0 aliphatic heterocycles. The first-order chi connectivity index (χ1) is 19.2. The van der Waals surface area contributed by atoms with Crippen LogP contribution >= 0.6 is 0 Å². The number of carbonyl (C=O) groups is 3. The van der Waals surface area contributed by atoms with Gasteiger partial charge in [-0.3, -0.25) is 4.79 Å². The summed E-state index contributed by atoms with van der Waals surface area (Å²) in [6, 6.07) is 16.6. The first kappa shape index (κ1) is 29.7. The summed E-state index contributed by atoms with van der Waals surface area (Å²) >= 11 is 0. The summed E-state index contributed by atoms with van der Waals surface area (Å²) in [7, 11) is 2.93. The maximum atomic E-state index is 12.7. The van der Waals surface area contributed by atoms with Crippen LogP contribution in [0.1, 0.15) is 21.5 Å². The Labute approximate surface area is 233 Å². The number of amides is 2. The van der Waals surface area contributed by atoms with Crippen molar-refractivity contribution < 1.29 is 33.7 Å². The molecule has 0 aliphatic carbocycles. The number of carbonyl (C=O) groups excluding carboxylic acids is 2. The van der Waals surface area contributed by atoms with Crippen LogP contribution < -0.4 is 30.2 Å². The van der Waals surface area contributed by atoms with Crippen LogP contribution in [0, 0.1) is 6.92 Å². The first-order valence-corrected chi connectivity index (χ1v) is 12.5. The van der Waals surface area contributed by atoms with Crippen molar-refractivity contribution in [3.8, 4) is 17.2 Å². The Morgan fingerprint density at radius 1 is 0.875 bits per heavy atom. The predicted octanol–water partition coefficient (Wildman–Crippen LogP) is 4.69. The number of benzene rings is 3. The number of rotatable bonds is 14. The van der Waals surface area contributed by atoms with Crippen LogP contribution in [-0.4, -0.2) is 56.8 Å². The highest BCUT2D eigenvalue weighted by Gasteiger charge is 2.14. The van der Waals surface area contributed by atoms with Gasteiger partial charge in [-0.25, -0.2) is 9.59 Å². The van der Waals surface area contributed by atoms with Gasteiger partial charge in [-0.1, -0.05) is 30.8 Å². The summed E-state index contributed by atoms with van der Waals surface area (Å²) in [4.78, 5) is 36.3. The number of methoxy groups -OCH3 is 2. The molecule has 210 valence electrons. The molecule has 0 heterocycles.